The summed E-state index contributed by atoms with van der Waals surface area (Å²) in [5.74, 6) is 0.707. The number of benzene rings is 1. The molecule has 1 atom stereocenters. The summed E-state index contributed by atoms with van der Waals surface area (Å²) in [6.07, 6.45) is 3.48. The fourth-order valence-corrected chi connectivity index (χ4v) is 1.46. The molecular formula is C13H14N2O. The predicted molar refractivity (Wildman–Crippen MR) is 64.1 cm³/mol. The molecule has 0 aliphatic heterocycles. The third-order valence-corrected chi connectivity index (χ3v) is 2.38. The predicted octanol–water partition coefficient (Wildman–Crippen LogP) is 2.80. The number of nitrogens with two attached hydrogens (primary N) is 1. The average Bonchev–Trinajstić information content (AvgIpc) is 2.33. The summed E-state index contributed by atoms with van der Waals surface area (Å²) in [5.41, 5.74) is 7.49. The number of nitrogen functional groups attached to an aromatic ring is 1. The Labute approximate surface area is 94.9 Å². The molecule has 3 heteroatoms. The van der Waals surface area contributed by atoms with Gasteiger partial charge in [-0.1, -0.05) is 18.2 Å². The number of pyridine rings is 1. The average molecular weight is 214 g/mol. The van der Waals surface area contributed by atoms with E-state index in [9.17, 15) is 0 Å². The van der Waals surface area contributed by atoms with Crippen molar-refractivity contribution < 1.29 is 4.74 Å². The second-order valence-corrected chi connectivity index (χ2v) is 3.58. The SMILES string of the molecule is CC(Oc1ccccc1N)c1cccnc1. The molecule has 0 bridgehead atoms. The molecule has 0 saturated carbocycles. The minimum Gasteiger partial charge on any atom is -0.484 e. The number of nitrogens with zero attached hydrogens (tertiary/aromatic N) is 1. The fourth-order valence-electron chi connectivity index (χ4n) is 1.46. The van der Waals surface area contributed by atoms with Crippen LogP contribution in [0, 0.1) is 0 Å². The summed E-state index contributed by atoms with van der Waals surface area (Å²) in [5, 5.41) is 0. The van der Waals surface area contributed by atoms with Gasteiger partial charge in [0.25, 0.3) is 0 Å². The molecule has 0 aliphatic carbocycles. The van der Waals surface area contributed by atoms with Crippen LogP contribution in [0.25, 0.3) is 0 Å². The maximum atomic E-state index is 5.81. The highest BCUT2D eigenvalue weighted by Gasteiger charge is 2.08. The molecule has 3 nitrogen and oxygen atoms in total. The second kappa shape index (κ2) is 4.66. The van der Waals surface area contributed by atoms with Crippen molar-refractivity contribution in [1.29, 1.82) is 0 Å². The molecule has 0 spiro atoms. The summed E-state index contributed by atoms with van der Waals surface area (Å²) < 4.78 is 5.77. The van der Waals surface area contributed by atoms with E-state index in [-0.39, 0.29) is 6.10 Å². The van der Waals surface area contributed by atoms with Crippen LogP contribution >= 0.6 is 0 Å². The van der Waals surface area contributed by atoms with Crippen LogP contribution in [-0.4, -0.2) is 4.98 Å². The Bertz CT molecular complexity index is 456. The number of anilines is 1. The largest absolute Gasteiger partial charge is 0.484 e. The number of hydrogen-bond acceptors (Lipinski definition) is 3. The summed E-state index contributed by atoms with van der Waals surface area (Å²) in [6.45, 7) is 1.98. The number of ether oxygens (including phenoxy) is 1. The molecule has 1 unspecified atom stereocenters. The van der Waals surface area contributed by atoms with Crippen molar-refractivity contribution in [3.63, 3.8) is 0 Å². The van der Waals surface area contributed by atoms with Gasteiger partial charge in [0.05, 0.1) is 5.69 Å². The monoisotopic (exact) mass is 214 g/mol. The molecule has 1 aromatic carbocycles. The first-order valence-corrected chi connectivity index (χ1v) is 5.18. The Balaban J connectivity index is 2.14. The fraction of sp³-hybridized carbons (Fsp3) is 0.154. The number of rotatable bonds is 3. The molecule has 1 heterocycles. The summed E-state index contributed by atoms with van der Waals surface area (Å²) in [6, 6.07) is 11.4. The Morgan fingerprint density at radius 1 is 1.19 bits per heavy atom. The zero-order chi connectivity index (χ0) is 11.4. The van der Waals surface area contributed by atoms with E-state index in [1.807, 2.05) is 43.3 Å². The first-order chi connectivity index (χ1) is 7.77. The van der Waals surface area contributed by atoms with Crippen molar-refractivity contribution in [3.05, 3.63) is 54.4 Å². The molecule has 2 aromatic rings. The van der Waals surface area contributed by atoms with E-state index in [0.29, 0.717) is 11.4 Å². The normalized spacial score (nSPS) is 12.1. The Hall–Kier alpha value is -2.03. The topological polar surface area (TPSA) is 48.1 Å². The van der Waals surface area contributed by atoms with Crippen molar-refractivity contribution >= 4 is 5.69 Å². The Kier molecular flexibility index (Phi) is 3.05. The van der Waals surface area contributed by atoms with Gasteiger partial charge in [-0.25, -0.2) is 0 Å². The van der Waals surface area contributed by atoms with E-state index in [2.05, 4.69) is 4.98 Å². The van der Waals surface area contributed by atoms with Crippen LogP contribution in [0.1, 0.15) is 18.6 Å². The van der Waals surface area contributed by atoms with Crippen molar-refractivity contribution in [2.75, 3.05) is 5.73 Å². The van der Waals surface area contributed by atoms with Gasteiger partial charge in [0.2, 0.25) is 0 Å². The lowest BCUT2D eigenvalue weighted by Gasteiger charge is -2.15. The van der Waals surface area contributed by atoms with Crippen LogP contribution in [0.3, 0.4) is 0 Å². The maximum absolute atomic E-state index is 5.81. The number of aromatic nitrogens is 1. The van der Waals surface area contributed by atoms with Gasteiger partial charge in [0, 0.05) is 18.0 Å². The lowest BCUT2D eigenvalue weighted by molar-refractivity contribution is 0.228. The van der Waals surface area contributed by atoms with Gasteiger partial charge >= 0.3 is 0 Å². The molecule has 82 valence electrons. The summed E-state index contributed by atoms with van der Waals surface area (Å²) in [4.78, 5) is 4.06. The first kappa shape index (κ1) is 10.5. The Morgan fingerprint density at radius 3 is 2.69 bits per heavy atom. The van der Waals surface area contributed by atoms with Gasteiger partial charge in [-0.3, -0.25) is 4.98 Å². The van der Waals surface area contributed by atoms with E-state index in [1.165, 1.54) is 0 Å². The van der Waals surface area contributed by atoms with Gasteiger partial charge < -0.3 is 10.5 Å². The number of para-hydroxylation sites is 2. The van der Waals surface area contributed by atoms with E-state index in [0.717, 1.165) is 5.56 Å². The molecular weight excluding hydrogens is 200 g/mol. The zero-order valence-electron chi connectivity index (χ0n) is 9.13. The van der Waals surface area contributed by atoms with Gasteiger partial charge in [0.15, 0.2) is 0 Å². The van der Waals surface area contributed by atoms with Crippen LogP contribution in [0.4, 0.5) is 5.69 Å². The highest BCUT2D eigenvalue weighted by Crippen LogP contribution is 2.26. The highest BCUT2D eigenvalue weighted by molar-refractivity contribution is 5.52. The van der Waals surface area contributed by atoms with Gasteiger partial charge in [-0.15, -0.1) is 0 Å². The lowest BCUT2D eigenvalue weighted by atomic mass is 10.2. The quantitative estimate of drug-likeness (QED) is 0.799. The summed E-state index contributed by atoms with van der Waals surface area (Å²) in [7, 11) is 0. The Morgan fingerprint density at radius 2 is 2.00 bits per heavy atom. The van der Waals surface area contributed by atoms with Crippen molar-refractivity contribution in [3.8, 4) is 5.75 Å². The highest BCUT2D eigenvalue weighted by atomic mass is 16.5. The molecule has 0 radical (unpaired) electrons. The van der Waals surface area contributed by atoms with Gasteiger partial charge in [-0.05, 0) is 25.1 Å². The molecule has 0 aliphatic rings. The van der Waals surface area contributed by atoms with Crippen LogP contribution in [0.5, 0.6) is 5.75 Å². The summed E-state index contributed by atoms with van der Waals surface area (Å²) >= 11 is 0. The minimum absolute atomic E-state index is 0.0570. The van der Waals surface area contributed by atoms with Crippen LogP contribution in [0.2, 0.25) is 0 Å². The molecule has 0 saturated heterocycles. The van der Waals surface area contributed by atoms with E-state index in [1.54, 1.807) is 12.4 Å². The molecule has 16 heavy (non-hydrogen) atoms. The second-order valence-electron chi connectivity index (χ2n) is 3.58. The van der Waals surface area contributed by atoms with Crippen LogP contribution in [-0.2, 0) is 0 Å². The molecule has 2 rings (SSSR count). The van der Waals surface area contributed by atoms with Crippen LogP contribution < -0.4 is 10.5 Å². The maximum Gasteiger partial charge on any atom is 0.143 e. The standard InChI is InChI=1S/C13H14N2O/c1-10(11-5-4-8-15-9-11)16-13-7-3-2-6-12(13)14/h2-10H,14H2,1H3. The van der Waals surface area contributed by atoms with Gasteiger partial charge in [-0.2, -0.15) is 0 Å². The molecule has 2 N–H and O–H groups in total. The van der Waals surface area contributed by atoms with Crippen molar-refractivity contribution in [2.24, 2.45) is 0 Å². The van der Waals surface area contributed by atoms with E-state index >= 15 is 0 Å². The van der Waals surface area contributed by atoms with Gasteiger partial charge in [0.1, 0.15) is 11.9 Å². The lowest BCUT2D eigenvalue weighted by Crippen LogP contribution is -2.04. The number of hydrogen-bond donors (Lipinski definition) is 1. The minimum atomic E-state index is -0.0570. The van der Waals surface area contributed by atoms with E-state index in [4.69, 9.17) is 10.5 Å². The smallest absolute Gasteiger partial charge is 0.143 e. The van der Waals surface area contributed by atoms with Crippen LogP contribution in [0.15, 0.2) is 48.8 Å². The molecule has 0 amide bonds. The molecule has 0 fully saturated rings. The third-order valence-electron chi connectivity index (χ3n) is 2.38. The van der Waals surface area contributed by atoms with E-state index < -0.39 is 0 Å². The van der Waals surface area contributed by atoms with Crippen molar-refractivity contribution in [2.45, 2.75) is 13.0 Å². The molecule has 1 aromatic heterocycles. The zero-order valence-corrected chi connectivity index (χ0v) is 9.13. The van der Waals surface area contributed by atoms with Crippen molar-refractivity contribution in [1.82, 2.24) is 4.98 Å². The first-order valence-electron chi connectivity index (χ1n) is 5.18. The third kappa shape index (κ3) is 2.31.